The van der Waals surface area contributed by atoms with Crippen LogP contribution >= 0.6 is 0 Å². The van der Waals surface area contributed by atoms with Crippen molar-refractivity contribution >= 4 is 5.91 Å². The second kappa shape index (κ2) is 6.78. The quantitative estimate of drug-likeness (QED) is 0.613. The fraction of sp³-hybridized carbons (Fsp3) is 0.364. The van der Waals surface area contributed by atoms with Gasteiger partial charge in [-0.2, -0.15) is 13.2 Å². The molecule has 4 heterocycles. The van der Waals surface area contributed by atoms with E-state index in [0.717, 1.165) is 18.7 Å². The largest absolute Gasteiger partial charge is 0.472 e. The summed E-state index contributed by atoms with van der Waals surface area (Å²) >= 11 is 0. The Bertz CT molecular complexity index is 1170. The normalized spacial score (nSPS) is 28.0. The van der Waals surface area contributed by atoms with Gasteiger partial charge >= 0.3 is 6.18 Å². The van der Waals surface area contributed by atoms with Gasteiger partial charge in [0.25, 0.3) is 5.91 Å². The van der Waals surface area contributed by atoms with Crippen LogP contribution in [0.5, 0.6) is 5.88 Å². The Kier molecular flexibility index (Phi) is 4.08. The molecule has 0 radical (unpaired) electrons. The van der Waals surface area contributed by atoms with E-state index in [9.17, 15) is 18.0 Å². The zero-order valence-corrected chi connectivity index (χ0v) is 16.6. The van der Waals surface area contributed by atoms with Gasteiger partial charge in [0.05, 0.1) is 23.4 Å². The average molecular weight is 442 g/mol. The van der Waals surface area contributed by atoms with Crippen LogP contribution in [0.25, 0.3) is 11.5 Å². The van der Waals surface area contributed by atoms with Crippen molar-refractivity contribution in [2.75, 3.05) is 6.54 Å². The van der Waals surface area contributed by atoms with Crippen LogP contribution in [0.3, 0.4) is 0 Å². The molecule has 0 spiro atoms. The summed E-state index contributed by atoms with van der Waals surface area (Å²) in [5.74, 6) is 1.45. The molecule has 3 aliphatic rings. The van der Waals surface area contributed by atoms with Crippen molar-refractivity contribution in [1.29, 1.82) is 0 Å². The van der Waals surface area contributed by atoms with E-state index in [1.807, 2.05) is 0 Å². The van der Waals surface area contributed by atoms with E-state index >= 15 is 0 Å². The molecule has 0 bridgehead atoms. The van der Waals surface area contributed by atoms with Gasteiger partial charge < -0.3 is 14.1 Å². The summed E-state index contributed by atoms with van der Waals surface area (Å²) in [5.41, 5.74) is -0.0586. The number of amides is 1. The highest BCUT2D eigenvalue weighted by atomic mass is 19.4. The van der Waals surface area contributed by atoms with Crippen molar-refractivity contribution in [2.24, 2.45) is 17.8 Å². The van der Waals surface area contributed by atoms with Crippen molar-refractivity contribution in [2.45, 2.75) is 24.7 Å². The van der Waals surface area contributed by atoms with Crippen LogP contribution in [0.15, 0.2) is 53.5 Å². The third-order valence-corrected chi connectivity index (χ3v) is 6.71. The molecule has 7 nitrogen and oxygen atoms in total. The maximum absolute atomic E-state index is 13.5. The molecule has 2 aliphatic carbocycles. The number of alkyl halides is 3. The topological polar surface area (TPSA) is 81.4 Å². The zero-order valence-electron chi connectivity index (χ0n) is 16.6. The third kappa shape index (κ3) is 2.96. The number of fused-ring (bicyclic) bond motifs is 1. The lowest BCUT2D eigenvalue weighted by Crippen LogP contribution is -2.45. The number of nitrogens with zero attached hydrogens (tertiary/aromatic N) is 4. The van der Waals surface area contributed by atoms with E-state index < -0.39 is 11.7 Å². The van der Waals surface area contributed by atoms with Crippen LogP contribution in [0, 0.1) is 17.8 Å². The predicted octanol–water partition coefficient (Wildman–Crippen LogP) is 3.69. The van der Waals surface area contributed by atoms with Gasteiger partial charge in [0.15, 0.2) is 0 Å². The number of oxazole rings is 1. The standard InChI is InChI=1S/C22H17F3N4O3/c23-22(24,25)11-3-4-16(28-9-11)32-15-8-13-14-10-29(19(15)17(13)14)21(30)18-12(2-1-5-26-18)20-27-6-7-31-20/h1-7,9,13-15,17,19H,8,10H2. The second-order valence-corrected chi connectivity index (χ2v) is 8.36. The van der Waals surface area contributed by atoms with E-state index in [1.165, 1.54) is 18.5 Å². The number of carbonyl (C=O) groups excluding carboxylic acids is 1. The molecular weight excluding hydrogens is 425 g/mol. The summed E-state index contributed by atoms with van der Waals surface area (Å²) < 4.78 is 49.7. The molecule has 1 saturated heterocycles. The molecule has 3 fully saturated rings. The van der Waals surface area contributed by atoms with E-state index in [0.29, 0.717) is 35.8 Å². The Morgan fingerprint density at radius 1 is 1.12 bits per heavy atom. The minimum atomic E-state index is -4.45. The highest BCUT2D eigenvalue weighted by molar-refractivity contribution is 5.98. The molecule has 0 aromatic carbocycles. The number of aromatic nitrogens is 3. The van der Waals surface area contributed by atoms with Crippen LogP contribution in [-0.2, 0) is 6.18 Å². The van der Waals surface area contributed by atoms with E-state index in [1.54, 1.807) is 23.2 Å². The first-order chi connectivity index (χ1) is 15.4. The van der Waals surface area contributed by atoms with Gasteiger partial charge in [-0.1, -0.05) is 0 Å². The molecule has 3 aromatic rings. The van der Waals surface area contributed by atoms with Crippen LogP contribution in [-0.4, -0.2) is 44.4 Å². The van der Waals surface area contributed by atoms with Crippen LogP contribution in [0.2, 0.25) is 0 Å². The molecule has 164 valence electrons. The van der Waals surface area contributed by atoms with E-state index in [4.69, 9.17) is 9.15 Å². The molecule has 1 aliphatic heterocycles. The van der Waals surface area contributed by atoms with Crippen LogP contribution in [0.4, 0.5) is 13.2 Å². The average Bonchev–Trinajstić information content (AvgIpc) is 3.19. The highest BCUT2D eigenvalue weighted by Gasteiger charge is 2.70. The molecule has 10 heteroatoms. The Morgan fingerprint density at radius 3 is 2.72 bits per heavy atom. The lowest BCUT2D eigenvalue weighted by molar-refractivity contribution is -0.137. The number of halogens is 3. The number of hydrogen-bond acceptors (Lipinski definition) is 6. The smallest absolute Gasteiger partial charge is 0.417 e. The summed E-state index contributed by atoms with van der Waals surface area (Å²) in [6.07, 6.45) is 1.22. The first-order valence-electron chi connectivity index (χ1n) is 10.3. The highest BCUT2D eigenvalue weighted by Crippen LogP contribution is 2.64. The zero-order chi connectivity index (χ0) is 22.0. The summed E-state index contributed by atoms with van der Waals surface area (Å²) in [4.78, 5) is 27.5. The minimum Gasteiger partial charge on any atom is -0.472 e. The van der Waals surface area contributed by atoms with E-state index in [2.05, 4.69) is 15.0 Å². The van der Waals surface area contributed by atoms with Crippen molar-refractivity contribution in [1.82, 2.24) is 19.9 Å². The molecule has 5 unspecified atom stereocenters. The summed E-state index contributed by atoms with van der Waals surface area (Å²) in [5, 5.41) is 0. The number of ether oxygens (including phenoxy) is 1. The van der Waals surface area contributed by atoms with Gasteiger partial charge in [-0.05, 0) is 42.4 Å². The Balaban J connectivity index is 1.25. The first kappa shape index (κ1) is 19.3. The molecule has 0 N–H and O–H groups in total. The lowest BCUT2D eigenvalue weighted by atomic mass is 10.1. The fourth-order valence-electron chi connectivity index (χ4n) is 5.33. The number of rotatable bonds is 4. The second-order valence-electron chi connectivity index (χ2n) is 8.36. The Labute approximate surface area is 180 Å². The molecule has 6 rings (SSSR count). The monoisotopic (exact) mass is 442 g/mol. The molecule has 5 atom stereocenters. The Hall–Kier alpha value is -3.43. The number of hydrogen-bond donors (Lipinski definition) is 0. The number of likely N-dealkylation sites (tertiary alicyclic amines) is 1. The van der Waals surface area contributed by atoms with Crippen LogP contribution < -0.4 is 4.74 Å². The fourth-order valence-corrected chi connectivity index (χ4v) is 5.33. The van der Waals surface area contributed by atoms with Crippen LogP contribution in [0.1, 0.15) is 22.5 Å². The lowest BCUT2D eigenvalue weighted by Gasteiger charge is -2.29. The van der Waals surface area contributed by atoms with E-state index in [-0.39, 0.29) is 29.6 Å². The van der Waals surface area contributed by atoms with Gasteiger partial charge in [0.1, 0.15) is 18.1 Å². The number of carbonyl (C=O) groups is 1. The molecule has 32 heavy (non-hydrogen) atoms. The predicted molar refractivity (Wildman–Crippen MR) is 103 cm³/mol. The van der Waals surface area contributed by atoms with Crippen molar-refractivity contribution in [3.63, 3.8) is 0 Å². The van der Waals surface area contributed by atoms with Gasteiger partial charge in [0, 0.05) is 25.0 Å². The van der Waals surface area contributed by atoms with Gasteiger partial charge in [-0.25, -0.2) is 9.97 Å². The SMILES string of the molecule is O=C(c1ncccc1-c1ncco1)N1CC2C3CC(Oc4ccc(C(F)(F)F)cn4)C1C32. The molecule has 3 aromatic heterocycles. The Morgan fingerprint density at radius 2 is 2.00 bits per heavy atom. The first-order valence-corrected chi connectivity index (χ1v) is 10.3. The number of pyridine rings is 2. The minimum absolute atomic E-state index is 0.124. The van der Waals surface area contributed by atoms with Crippen molar-refractivity contribution in [3.05, 3.63) is 60.4 Å². The van der Waals surface area contributed by atoms with Crippen molar-refractivity contribution in [3.8, 4) is 17.3 Å². The molecule has 2 saturated carbocycles. The summed E-state index contributed by atoms with van der Waals surface area (Å²) in [6.45, 7) is 0.612. The van der Waals surface area contributed by atoms with Gasteiger partial charge in [-0.3, -0.25) is 9.78 Å². The summed E-state index contributed by atoms with van der Waals surface area (Å²) in [6, 6.07) is 5.46. The van der Waals surface area contributed by atoms with Crippen molar-refractivity contribution < 1.29 is 27.1 Å². The maximum Gasteiger partial charge on any atom is 0.417 e. The third-order valence-electron chi connectivity index (χ3n) is 6.71. The molecule has 1 amide bonds. The number of piperidine rings is 1. The van der Waals surface area contributed by atoms with Gasteiger partial charge in [0.2, 0.25) is 11.8 Å². The summed E-state index contributed by atoms with van der Waals surface area (Å²) in [7, 11) is 0. The van der Waals surface area contributed by atoms with Gasteiger partial charge in [-0.15, -0.1) is 0 Å². The molecular formula is C22H17F3N4O3. The maximum atomic E-state index is 13.5.